The Bertz CT molecular complexity index is 3590. The van der Waals surface area contributed by atoms with Crippen LogP contribution in [0.3, 0.4) is 0 Å². The van der Waals surface area contributed by atoms with E-state index in [-0.39, 0.29) is 21.7 Å². The Balaban J connectivity index is 1.03. The largest absolute Gasteiger partial charge is 0.0505 e. The molecule has 11 rings (SSSR count). The molecule has 4 heterocycles. The third kappa shape index (κ3) is 8.13. The van der Waals surface area contributed by atoms with Crippen LogP contribution in [0.1, 0.15) is 105 Å². The summed E-state index contributed by atoms with van der Waals surface area (Å²) in [5.41, 5.74) is 17.1. The van der Waals surface area contributed by atoms with E-state index in [1.165, 1.54) is 81.0 Å². The first-order chi connectivity index (χ1) is 34.0. The molecule has 2 aliphatic rings. The smallest absolute Gasteiger partial charge is 0.0505 e. The number of aromatic nitrogens is 2. The molecule has 0 amide bonds. The Morgan fingerprint density at radius 3 is 1.72 bits per heavy atom. The zero-order valence-electron chi connectivity index (χ0n) is 44.9. The molecular weight excluding hydrogens is 937 g/mol. The Kier molecular flexibility index (Phi) is 11.1. The van der Waals surface area contributed by atoms with E-state index in [9.17, 15) is 0 Å². The van der Waals surface area contributed by atoms with Gasteiger partial charge in [0.25, 0.3) is 0 Å². The van der Waals surface area contributed by atoms with Crippen LogP contribution >= 0.6 is 0 Å². The molecule has 0 saturated heterocycles. The van der Waals surface area contributed by atoms with Gasteiger partial charge in [0.2, 0.25) is 0 Å². The quantitative estimate of drug-likeness (QED) is 0.149. The summed E-state index contributed by atoms with van der Waals surface area (Å²) in [6.07, 6.45) is 1.96. The number of nitrogens with zero attached hydrogens (tertiary/aromatic N) is 4. The maximum Gasteiger partial charge on any atom is -0.0505 e. The number of rotatable bonds is 7. The summed E-state index contributed by atoms with van der Waals surface area (Å²) in [7, 11) is 0. The standard InChI is InChI=1S/C66H70GeN4O/c1-63(2,3)44-22-17-21-42(33-44)51-25-19-26-52(43-34-46(65(7,8)9)36-47(35-43)66(10,11)12)62(51)70-41-69(55-28-15-16-29-56(55)70)48-23-18-24-49(38-48)72-50-39-54-61-58(40-50)71(59-37-45(31-32-68-59)64(4,5)6)57-30-20-27-53(60(57)61)67(54,13)14/h15-40H,41H2,1-14H3. The van der Waals surface area contributed by atoms with E-state index in [1.54, 1.807) is 0 Å². The average molecular weight is 1010 g/mol. The van der Waals surface area contributed by atoms with Crippen molar-refractivity contribution in [2.45, 2.75) is 116 Å². The maximum atomic E-state index is 7.10. The Morgan fingerprint density at radius 2 is 1.04 bits per heavy atom. The van der Waals surface area contributed by atoms with Gasteiger partial charge in [0.15, 0.2) is 0 Å². The molecule has 0 bridgehead atoms. The van der Waals surface area contributed by atoms with Gasteiger partial charge in [-0.25, -0.2) is 0 Å². The molecule has 9 aromatic rings. The summed E-state index contributed by atoms with van der Waals surface area (Å²) in [6.45, 7) is 28.3. The van der Waals surface area contributed by atoms with Gasteiger partial charge in [0, 0.05) is 0 Å². The maximum absolute atomic E-state index is 7.10. The van der Waals surface area contributed by atoms with E-state index in [0.717, 1.165) is 34.2 Å². The van der Waals surface area contributed by atoms with E-state index < -0.39 is 13.3 Å². The third-order valence-corrected chi connectivity index (χ3v) is 22.8. The van der Waals surface area contributed by atoms with Crippen LogP contribution in [0.5, 0.6) is 11.5 Å². The second kappa shape index (κ2) is 16.7. The first-order valence-electron chi connectivity index (χ1n) is 25.9. The van der Waals surface area contributed by atoms with Gasteiger partial charge in [0.05, 0.1) is 0 Å². The Hall–Kier alpha value is -6.57. The average Bonchev–Trinajstić information content (AvgIpc) is 3.96. The van der Waals surface area contributed by atoms with Crippen molar-refractivity contribution in [3.63, 3.8) is 0 Å². The predicted octanol–water partition coefficient (Wildman–Crippen LogP) is 16.9. The molecule has 0 fully saturated rings. The second-order valence-electron chi connectivity index (χ2n) is 25.1. The van der Waals surface area contributed by atoms with Crippen molar-refractivity contribution in [1.29, 1.82) is 0 Å². The number of fused-ring (bicyclic) bond motifs is 1. The molecule has 0 atom stereocenters. The molecule has 2 aliphatic heterocycles. The van der Waals surface area contributed by atoms with Crippen molar-refractivity contribution in [1.82, 2.24) is 9.55 Å². The number of hydrogen-bond donors (Lipinski definition) is 0. The molecule has 72 heavy (non-hydrogen) atoms. The van der Waals surface area contributed by atoms with Crippen LogP contribution in [-0.2, 0) is 21.7 Å². The minimum absolute atomic E-state index is 0.000148. The summed E-state index contributed by atoms with van der Waals surface area (Å²) in [5, 5.41) is 2.76. The van der Waals surface area contributed by atoms with Crippen LogP contribution in [-0.4, -0.2) is 29.5 Å². The molecule has 5 nitrogen and oxygen atoms in total. The van der Waals surface area contributed by atoms with Crippen LogP contribution in [0.25, 0.3) is 49.9 Å². The molecule has 0 aliphatic carbocycles. The number of hydrogen-bond acceptors (Lipinski definition) is 4. The third-order valence-electron chi connectivity index (χ3n) is 15.5. The van der Waals surface area contributed by atoms with E-state index in [1.807, 2.05) is 6.20 Å². The summed E-state index contributed by atoms with van der Waals surface area (Å²) in [4.78, 5) is 10.0. The van der Waals surface area contributed by atoms with Crippen LogP contribution in [0, 0.1) is 0 Å². The fourth-order valence-electron chi connectivity index (χ4n) is 11.2. The van der Waals surface area contributed by atoms with E-state index >= 15 is 0 Å². The molecule has 0 unspecified atom stereocenters. The molecule has 0 radical (unpaired) electrons. The van der Waals surface area contributed by atoms with Gasteiger partial charge in [-0.3, -0.25) is 0 Å². The normalized spacial score (nSPS) is 14.5. The van der Waals surface area contributed by atoms with Crippen molar-refractivity contribution < 1.29 is 4.74 Å². The van der Waals surface area contributed by atoms with Crippen LogP contribution in [0.2, 0.25) is 11.5 Å². The Morgan fingerprint density at radius 1 is 0.458 bits per heavy atom. The van der Waals surface area contributed by atoms with Crippen molar-refractivity contribution >= 4 is 66.6 Å². The van der Waals surface area contributed by atoms with E-state index in [2.05, 4.69) is 261 Å². The summed E-state index contributed by atoms with van der Waals surface area (Å²) in [6, 6.07) is 56.9. The van der Waals surface area contributed by atoms with Gasteiger partial charge in [-0.2, -0.15) is 0 Å². The zero-order chi connectivity index (χ0) is 50.9. The number of benzene rings is 7. The van der Waals surface area contributed by atoms with Crippen LogP contribution in [0.4, 0.5) is 22.7 Å². The van der Waals surface area contributed by atoms with Gasteiger partial charge in [-0.05, 0) is 44.1 Å². The Labute approximate surface area is 430 Å². The van der Waals surface area contributed by atoms with Crippen LogP contribution in [0.15, 0.2) is 158 Å². The van der Waals surface area contributed by atoms with Crippen molar-refractivity contribution in [2.75, 3.05) is 16.5 Å². The monoisotopic (exact) mass is 1010 g/mol. The van der Waals surface area contributed by atoms with Crippen molar-refractivity contribution in [2.24, 2.45) is 0 Å². The number of anilines is 4. The van der Waals surface area contributed by atoms with Gasteiger partial charge in [0.1, 0.15) is 0 Å². The van der Waals surface area contributed by atoms with Crippen molar-refractivity contribution in [3.05, 3.63) is 180 Å². The van der Waals surface area contributed by atoms with Gasteiger partial charge < -0.3 is 0 Å². The van der Waals surface area contributed by atoms with Crippen molar-refractivity contribution in [3.8, 4) is 39.6 Å². The second-order valence-corrected chi connectivity index (χ2v) is 34.2. The SMILES string of the molecule is CC(C)(C)c1cccc(-c2cccc(-c3cc(C(C)(C)C)cc(C(C)(C)C)c3)c2N2CN(c3cccc(Oc4c[c]5c6c7[c](cccc7n(-c7cc(C(C)(C)C)ccn7)c6c4)[Ge]5([CH3])[CH3])c3)c3ccccc32)c1. The fourth-order valence-corrected chi connectivity index (χ4v) is 17.6. The van der Waals surface area contributed by atoms with Crippen LogP contribution < -0.4 is 23.3 Å². The first kappa shape index (κ1) is 47.7. The zero-order valence-corrected chi connectivity index (χ0v) is 47.0. The molecular formula is C66H70GeN4O. The summed E-state index contributed by atoms with van der Waals surface area (Å²) < 4.78 is 12.5. The first-order valence-corrected chi connectivity index (χ1v) is 32.2. The van der Waals surface area contributed by atoms with Gasteiger partial charge >= 0.3 is 266 Å². The summed E-state index contributed by atoms with van der Waals surface area (Å²) >= 11 is -2.69. The van der Waals surface area contributed by atoms with E-state index in [0.29, 0.717) is 6.67 Å². The van der Waals surface area contributed by atoms with Gasteiger partial charge in [-0.1, -0.05) is 123 Å². The molecule has 364 valence electrons. The summed E-state index contributed by atoms with van der Waals surface area (Å²) in [5.74, 6) is 7.67. The minimum atomic E-state index is -2.69. The number of ether oxygens (including phenoxy) is 1. The molecule has 6 heteroatoms. The predicted molar refractivity (Wildman–Crippen MR) is 310 cm³/mol. The molecule has 0 saturated carbocycles. The topological polar surface area (TPSA) is 33.5 Å². The molecule has 7 aromatic carbocycles. The molecule has 2 aromatic heterocycles. The van der Waals surface area contributed by atoms with E-state index in [4.69, 9.17) is 9.72 Å². The number of para-hydroxylation sites is 3. The number of pyridine rings is 1. The van der Waals surface area contributed by atoms with Gasteiger partial charge in [-0.15, -0.1) is 0 Å². The minimum Gasteiger partial charge on any atom is -0.0505 e. The fraction of sp³-hybridized carbons (Fsp3) is 0.288. The molecule has 0 N–H and O–H groups in total. The molecule has 0 spiro atoms.